The molecule has 2 unspecified atom stereocenters. The summed E-state index contributed by atoms with van der Waals surface area (Å²) >= 11 is 0. The fourth-order valence-corrected chi connectivity index (χ4v) is 3.54. The summed E-state index contributed by atoms with van der Waals surface area (Å²) in [5.41, 5.74) is 0.526. The molecule has 0 bridgehead atoms. The van der Waals surface area contributed by atoms with Crippen LogP contribution in [0, 0.1) is 0 Å². The van der Waals surface area contributed by atoms with Crippen molar-refractivity contribution in [3.63, 3.8) is 0 Å². The maximum absolute atomic E-state index is 11.5. The third kappa shape index (κ3) is 5.84. The van der Waals surface area contributed by atoms with Gasteiger partial charge in [-0.1, -0.05) is 13.3 Å². The van der Waals surface area contributed by atoms with Crippen LogP contribution in [-0.2, 0) is 14.8 Å². The van der Waals surface area contributed by atoms with E-state index in [0.717, 1.165) is 32.1 Å². The molecule has 1 heterocycles. The van der Waals surface area contributed by atoms with Crippen LogP contribution in [0.4, 0.5) is 5.69 Å². The summed E-state index contributed by atoms with van der Waals surface area (Å²) in [6.45, 7) is 4.19. The zero-order valence-corrected chi connectivity index (χ0v) is 16.6. The Labute approximate surface area is 156 Å². The Kier molecular flexibility index (Phi) is 7.28. The van der Waals surface area contributed by atoms with Gasteiger partial charge in [0.05, 0.1) is 18.6 Å². The van der Waals surface area contributed by atoms with Crippen LogP contribution in [0.25, 0.3) is 0 Å². The van der Waals surface area contributed by atoms with Gasteiger partial charge in [-0.15, -0.1) is 0 Å². The Hall–Kier alpha value is -1.35. The van der Waals surface area contributed by atoms with Crippen LogP contribution in [-0.4, -0.2) is 64.8 Å². The minimum absolute atomic E-state index is 0.0341. The molecule has 1 aromatic carbocycles. The Balaban J connectivity index is 1.81. The highest BCUT2D eigenvalue weighted by Crippen LogP contribution is 2.24. The van der Waals surface area contributed by atoms with E-state index in [2.05, 4.69) is 12.2 Å². The van der Waals surface area contributed by atoms with E-state index in [1.54, 1.807) is 24.3 Å². The Morgan fingerprint density at radius 3 is 2.62 bits per heavy atom. The number of hydrogen-bond donors (Lipinski definition) is 2. The van der Waals surface area contributed by atoms with Crippen molar-refractivity contribution >= 4 is 15.7 Å². The lowest BCUT2D eigenvalue weighted by Crippen LogP contribution is -2.49. The topological polar surface area (TPSA) is 88.1 Å². The second-order valence-electron chi connectivity index (χ2n) is 6.90. The number of ether oxygens (including phenoxy) is 2. The zero-order valence-electron chi connectivity index (χ0n) is 15.8. The molecule has 0 spiro atoms. The second kappa shape index (κ2) is 9.03. The number of β-amino-alcohol motifs (C(OH)–C–C–N with tert-alkyl or cyclic N) is 1. The molecule has 1 aromatic rings. The molecule has 2 rings (SSSR count). The Morgan fingerprint density at radius 2 is 2.08 bits per heavy atom. The van der Waals surface area contributed by atoms with Crippen molar-refractivity contribution in [3.8, 4) is 5.75 Å². The molecule has 8 heteroatoms. The Bertz CT molecular complexity index is 657. The first-order valence-electron chi connectivity index (χ1n) is 8.93. The van der Waals surface area contributed by atoms with Gasteiger partial charge in [0.1, 0.15) is 18.5 Å². The molecule has 26 heavy (non-hydrogen) atoms. The molecule has 1 fully saturated rings. The van der Waals surface area contributed by atoms with Crippen molar-refractivity contribution in [1.82, 2.24) is 5.32 Å². The quantitative estimate of drug-likeness (QED) is 0.631. The standard InChI is InChI=1S/C18H30N2O5S/c1-4-9-18(10-11-24-14-18)19-12-16(21)13-25-17-7-5-15(6-8-17)20(2)26(3,22)23/h5-8,16,19,21H,4,9-14H2,1-3H3. The highest BCUT2D eigenvalue weighted by atomic mass is 32.2. The van der Waals surface area contributed by atoms with E-state index in [4.69, 9.17) is 9.47 Å². The van der Waals surface area contributed by atoms with E-state index in [9.17, 15) is 13.5 Å². The fourth-order valence-electron chi connectivity index (χ4n) is 3.04. The summed E-state index contributed by atoms with van der Waals surface area (Å²) in [6.07, 6.45) is 3.57. The van der Waals surface area contributed by atoms with Crippen molar-refractivity contribution in [3.05, 3.63) is 24.3 Å². The maximum atomic E-state index is 11.5. The lowest BCUT2D eigenvalue weighted by molar-refractivity contribution is 0.0906. The van der Waals surface area contributed by atoms with Gasteiger partial charge in [-0.2, -0.15) is 0 Å². The van der Waals surface area contributed by atoms with E-state index >= 15 is 0 Å². The molecule has 1 aliphatic heterocycles. The first-order chi connectivity index (χ1) is 12.3. The van der Waals surface area contributed by atoms with Crippen molar-refractivity contribution in [2.24, 2.45) is 0 Å². The van der Waals surface area contributed by atoms with Gasteiger partial charge in [0, 0.05) is 25.7 Å². The molecular formula is C18H30N2O5S. The predicted octanol–water partition coefficient (Wildman–Crippen LogP) is 1.37. The Morgan fingerprint density at radius 1 is 1.38 bits per heavy atom. The molecule has 0 amide bonds. The van der Waals surface area contributed by atoms with Crippen LogP contribution in [0.15, 0.2) is 24.3 Å². The average molecular weight is 387 g/mol. The molecule has 148 valence electrons. The van der Waals surface area contributed by atoms with E-state index in [0.29, 0.717) is 24.6 Å². The van der Waals surface area contributed by atoms with Crippen LogP contribution in [0.5, 0.6) is 5.75 Å². The first kappa shape index (κ1) is 21.0. The first-order valence-corrected chi connectivity index (χ1v) is 10.8. The second-order valence-corrected chi connectivity index (χ2v) is 8.92. The SMILES string of the molecule is CCCC1(NCC(O)COc2ccc(N(C)S(C)(=O)=O)cc2)CCOC1. The highest BCUT2D eigenvalue weighted by Gasteiger charge is 2.33. The minimum atomic E-state index is -3.29. The van der Waals surface area contributed by atoms with Gasteiger partial charge < -0.3 is 19.9 Å². The average Bonchev–Trinajstić information content (AvgIpc) is 3.06. The van der Waals surface area contributed by atoms with Gasteiger partial charge in [0.25, 0.3) is 0 Å². The lowest BCUT2D eigenvalue weighted by Gasteiger charge is -2.29. The molecule has 7 nitrogen and oxygen atoms in total. The summed E-state index contributed by atoms with van der Waals surface area (Å²) < 4.78 is 35.4. The monoisotopic (exact) mass is 386 g/mol. The number of sulfonamides is 1. The summed E-state index contributed by atoms with van der Waals surface area (Å²) in [5, 5.41) is 13.6. The molecule has 0 radical (unpaired) electrons. The van der Waals surface area contributed by atoms with E-state index in [1.807, 2.05) is 0 Å². The van der Waals surface area contributed by atoms with Crippen molar-refractivity contribution in [2.45, 2.75) is 37.8 Å². The number of aliphatic hydroxyl groups excluding tert-OH is 1. The van der Waals surface area contributed by atoms with Gasteiger partial charge in [0.15, 0.2) is 0 Å². The predicted molar refractivity (Wildman–Crippen MR) is 102 cm³/mol. The number of nitrogens with zero attached hydrogens (tertiary/aromatic N) is 1. The minimum Gasteiger partial charge on any atom is -0.491 e. The maximum Gasteiger partial charge on any atom is 0.231 e. The highest BCUT2D eigenvalue weighted by molar-refractivity contribution is 7.92. The lowest BCUT2D eigenvalue weighted by atomic mass is 9.92. The largest absolute Gasteiger partial charge is 0.491 e. The molecule has 2 atom stereocenters. The number of rotatable bonds is 10. The van der Waals surface area contributed by atoms with E-state index < -0.39 is 16.1 Å². The number of aliphatic hydroxyl groups is 1. The van der Waals surface area contributed by atoms with Crippen LogP contribution in [0.2, 0.25) is 0 Å². The van der Waals surface area contributed by atoms with Crippen molar-refractivity contribution in [1.29, 1.82) is 0 Å². The van der Waals surface area contributed by atoms with E-state index in [1.165, 1.54) is 11.4 Å². The van der Waals surface area contributed by atoms with Crippen LogP contribution in [0.1, 0.15) is 26.2 Å². The number of nitrogens with one attached hydrogen (secondary N) is 1. The number of anilines is 1. The number of hydrogen-bond acceptors (Lipinski definition) is 6. The van der Waals surface area contributed by atoms with Gasteiger partial charge in [-0.25, -0.2) is 8.42 Å². The third-order valence-corrected chi connectivity index (χ3v) is 5.89. The molecule has 0 saturated carbocycles. The summed E-state index contributed by atoms with van der Waals surface area (Å²) in [4.78, 5) is 0. The third-order valence-electron chi connectivity index (χ3n) is 4.68. The molecule has 0 aliphatic carbocycles. The summed E-state index contributed by atoms with van der Waals surface area (Å²) in [6, 6.07) is 6.74. The van der Waals surface area contributed by atoms with Crippen LogP contribution >= 0.6 is 0 Å². The van der Waals surface area contributed by atoms with Gasteiger partial charge in [-0.05, 0) is 37.1 Å². The molecule has 2 N–H and O–H groups in total. The number of benzene rings is 1. The van der Waals surface area contributed by atoms with Crippen LogP contribution < -0.4 is 14.4 Å². The molecule has 0 aromatic heterocycles. The summed E-state index contributed by atoms with van der Waals surface area (Å²) in [7, 11) is -1.79. The summed E-state index contributed by atoms with van der Waals surface area (Å²) in [5.74, 6) is 0.585. The fraction of sp³-hybridized carbons (Fsp3) is 0.667. The molecule has 1 aliphatic rings. The van der Waals surface area contributed by atoms with Gasteiger partial charge >= 0.3 is 0 Å². The van der Waals surface area contributed by atoms with Crippen molar-refractivity contribution < 1.29 is 23.0 Å². The van der Waals surface area contributed by atoms with Gasteiger partial charge in [-0.3, -0.25) is 4.31 Å². The van der Waals surface area contributed by atoms with Gasteiger partial charge in [0.2, 0.25) is 10.0 Å². The van der Waals surface area contributed by atoms with Crippen molar-refractivity contribution in [2.75, 3.05) is 44.0 Å². The molecular weight excluding hydrogens is 356 g/mol. The normalized spacial score (nSPS) is 21.5. The smallest absolute Gasteiger partial charge is 0.231 e. The van der Waals surface area contributed by atoms with Crippen LogP contribution in [0.3, 0.4) is 0 Å². The molecule has 1 saturated heterocycles. The zero-order chi connectivity index (χ0) is 19.2. The van der Waals surface area contributed by atoms with E-state index in [-0.39, 0.29) is 12.1 Å².